The standard InChI is InChI=1S/C15H18OS/c1-11-7-8-12(2)17-10-15(11)13-5-4-6-14(9-13)16-3/h4-6,8-11H,7H2,1-3H3. The molecular formula is C15H18OS. The Kier molecular flexibility index (Phi) is 3.95. The van der Waals surface area contributed by atoms with Crippen LogP contribution >= 0.6 is 11.8 Å². The van der Waals surface area contributed by atoms with Gasteiger partial charge in [0.05, 0.1) is 7.11 Å². The first-order valence-electron chi connectivity index (χ1n) is 5.88. The highest BCUT2D eigenvalue weighted by Gasteiger charge is 2.13. The van der Waals surface area contributed by atoms with Crippen molar-refractivity contribution >= 4 is 17.3 Å². The molecule has 0 saturated carbocycles. The van der Waals surface area contributed by atoms with Crippen molar-refractivity contribution in [2.75, 3.05) is 7.11 Å². The quantitative estimate of drug-likeness (QED) is 0.747. The molecular weight excluding hydrogens is 228 g/mol. The number of benzene rings is 1. The van der Waals surface area contributed by atoms with Crippen molar-refractivity contribution < 1.29 is 4.74 Å². The molecule has 90 valence electrons. The van der Waals surface area contributed by atoms with Gasteiger partial charge in [-0.2, -0.15) is 0 Å². The summed E-state index contributed by atoms with van der Waals surface area (Å²) in [7, 11) is 1.71. The highest BCUT2D eigenvalue weighted by atomic mass is 32.2. The van der Waals surface area contributed by atoms with Crippen LogP contribution in [0, 0.1) is 5.92 Å². The lowest BCUT2D eigenvalue weighted by atomic mass is 9.92. The fraction of sp³-hybridized carbons (Fsp3) is 0.333. The van der Waals surface area contributed by atoms with Gasteiger partial charge in [0.15, 0.2) is 0 Å². The van der Waals surface area contributed by atoms with Crippen LogP contribution in [-0.4, -0.2) is 7.11 Å². The van der Waals surface area contributed by atoms with E-state index >= 15 is 0 Å². The van der Waals surface area contributed by atoms with Gasteiger partial charge in [0.25, 0.3) is 0 Å². The molecule has 2 heteroatoms. The number of allylic oxidation sites excluding steroid dienone is 3. The Bertz CT molecular complexity index is 460. The molecule has 17 heavy (non-hydrogen) atoms. The molecule has 0 saturated heterocycles. The molecule has 0 N–H and O–H groups in total. The largest absolute Gasteiger partial charge is 0.497 e. The Morgan fingerprint density at radius 2 is 2.18 bits per heavy atom. The number of hydrogen-bond acceptors (Lipinski definition) is 2. The first kappa shape index (κ1) is 12.3. The maximum Gasteiger partial charge on any atom is 0.119 e. The van der Waals surface area contributed by atoms with Gasteiger partial charge in [-0.1, -0.05) is 25.1 Å². The zero-order valence-electron chi connectivity index (χ0n) is 10.6. The fourth-order valence-electron chi connectivity index (χ4n) is 1.95. The van der Waals surface area contributed by atoms with Crippen LogP contribution in [0.25, 0.3) is 5.57 Å². The molecule has 0 radical (unpaired) electrons. The number of ether oxygens (including phenoxy) is 1. The van der Waals surface area contributed by atoms with Crippen LogP contribution in [0.1, 0.15) is 25.8 Å². The van der Waals surface area contributed by atoms with E-state index in [1.165, 1.54) is 16.0 Å². The van der Waals surface area contributed by atoms with Gasteiger partial charge in [-0.3, -0.25) is 0 Å². The number of hydrogen-bond donors (Lipinski definition) is 0. The molecule has 1 aliphatic heterocycles. The second-order valence-corrected chi connectivity index (χ2v) is 5.49. The Labute approximate surface area is 108 Å². The molecule has 1 aromatic carbocycles. The number of thioether (sulfide) groups is 1. The minimum Gasteiger partial charge on any atom is -0.497 e. The number of methoxy groups -OCH3 is 1. The van der Waals surface area contributed by atoms with E-state index in [-0.39, 0.29) is 0 Å². The highest BCUT2D eigenvalue weighted by molar-refractivity contribution is 8.05. The molecule has 1 atom stereocenters. The molecule has 1 aliphatic rings. The van der Waals surface area contributed by atoms with Crippen molar-refractivity contribution in [3.05, 3.63) is 46.2 Å². The van der Waals surface area contributed by atoms with Crippen molar-refractivity contribution in [1.29, 1.82) is 0 Å². The summed E-state index contributed by atoms with van der Waals surface area (Å²) in [5.74, 6) is 1.49. The number of rotatable bonds is 2. The normalized spacial score (nSPS) is 20.3. The average molecular weight is 246 g/mol. The molecule has 1 heterocycles. The summed E-state index contributed by atoms with van der Waals surface area (Å²) in [5, 5.41) is 2.28. The van der Waals surface area contributed by atoms with Gasteiger partial charge in [0.1, 0.15) is 5.75 Å². The Morgan fingerprint density at radius 3 is 2.94 bits per heavy atom. The third-order valence-electron chi connectivity index (χ3n) is 3.06. The Morgan fingerprint density at radius 1 is 1.35 bits per heavy atom. The zero-order valence-corrected chi connectivity index (χ0v) is 11.4. The summed E-state index contributed by atoms with van der Waals surface area (Å²) >= 11 is 1.82. The first-order valence-corrected chi connectivity index (χ1v) is 6.76. The van der Waals surface area contributed by atoms with Gasteiger partial charge in [-0.05, 0) is 52.8 Å². The molecule has 0 spiro atoms. The maximum atomic E-state index is 5.29. The molecule has 1 nitrogen and oxygen atoms in total. The van der Waals surface area contributed by atoms with E-state index in [0.717, 1.165) is 12.2 Å². The van der Waals surface area contributed by atoms with E-state index in [2.05, 4.69) is 43.5 Å². The molecule has 0 amide bonds. The van der Waals surface area contributed by atoms with Crippen LogP contribution in [-0.2, 0) is 0 Å². The van der Waals surface area contributed by atoms with Crippen LogP contribution < -0.4 is 4.74 Å². The van der Waals surface area contributed by atoms with E-state index in [4.69, 9.17) is 4.74 Å². The summed E-state index contributed by atoms with van der Waals surface area (Å²) in [6.45, 7) is 4.45. The third-order valence-corrected chi connectivity index (χ3v) is 3.97. The minimum atomic E-state index is 0.562. The summed E-state index contributed by atoms with van der Waals surface area (Å²) < 4.78 is 5.29. The van der Waals surface area contributed by atoms with Crippen molar-refractivity contribution in [1.82, 2.24) is 0 Å². The smallest absolute Gasteiger partial charge is 0.119 e. The maximum absolute atomic E-state index is 5.29. The predicted octanol–water partition coefficient (Wildman–Crippen LogP) is 4.71. The van der Waals surface area contributed by atoms with E-state index in [9.17, 15) is 0 Å². The van der Waals surface area contributed by atoms with E-state index < -0.39 is 0 Å². The van der Waals surface area contributed by atoms with Crippen LogP contribution in [0.5, 0.6) is 5.75 Å². The summed E-state index contributed by atoms with van der Waals surface area (Å²) in [6.07, 6.45) is 3.43. The first-order chi connectivity index (χ1) is 8.20. The van der Waals surface area contributed by atoms with Crippen molar-refractivity contribution in [3.8, 4) is 5.75 Å². The summed E-state index contributed by atoms with van der Waals surface area (Å²) in [4.78, 5) is 1.38. The summed E-state index contributed by atoms with van der Waals surface area (Å²) in [6, 6.07) is 8.31. The Hall–Kier alpha value is -1.15. The Balaban J connectivity index is 2.32. The van der Waals surface area contributed by atoms with Crippen molar-refractivity contribution in [2.24, 2.45) is 5.92 Å². The fourth-order valence-corrected chi connectivity index (χ4v) is 2.82. The second kappa shape index (κ2) is 5.46. The van der Waals surface area contributed by atoms with Gasteiger partial charge in [-0.15, -0.1) is 11.8 Å². The molecule has 0 aliphatic carbocycles. The molecule has 0 aromatic heterocycles. The van der Waals surface area contributed by atoms with Gasteiger partial charge in [-0.25, -0.2) is 0 Å². The monoisotopic (exact) mass is 246 g/mol. The lowest BCUT2D eigenvalue weighted by Gasteiger charge is -2.14. The topological polar surface area (TPSA) is 9.23 Å². The summed E-state index contributed by atoms with van der Waals surface area (Å²) in [5.41, 5.74) is 2.68. The molecule has 2 rings (SSSR count). The second-order valence-electron chi connectivity index (χ2n) is 4.37. The van der Waals surface area contributed by atoms with Crippen LogP contribution in [0.4, 0.5) is 0 Å². The van der Waals surface area contributed by atoms with Crippen LogP contribution in [0.3, 0.4) is 0 Å². The van der Waals surface area contributed by atoms with Crippen LogP contribution in [0.2, 0.25) is 0 Å². The third kappa shape index (κ3) is 2.95. The molecule has 1 aromatic rings. The molecule has 0 bridgehead atoms. The van der Waals surface area contributed by atoms with Gasteiger partial charge in [0, 0.05) is 0 Å². The van der Waals surface area contributed by atoms with Gasteiger partial charge >= 0.3 is 0 Å². The van der Waals surface area contributed by atoms with Gasteiger partial charge < -0.3 is 4.74 Å². The van der Waals surface area contributed by atoms with Crippen molar-refractivity contribution in [2.45, 2.75) is 20.3 Å². The zero-order chi connectivity index (χ0) is 12.3. The van der Waals surface area contributed by atoms with E-state index in [0.29, 0.717) is 5.92 Å². The highest BCUT2D eigenvalue weighted by Crippen LogP contribution is 2.35. The molecule has 1 unspecified atom stereocenters. The SMILES string of the molecule is COc1cccc(C2=CSC(C)=CCC2C)c1. The van der Waals surface area contributed by atoms with E-state index in [1.54, 1.807) is 7.11 Å². The lowest BCUT2D eigenvalue weighted by Crippen LogP contribution is -1.97. The minimum absolute atomic E-state index is 0.562. The van der Waals surface area contributed by atoms with E-state index in [1.807, 2.05) is 17.8 Å². The van der Waals surface area contributed by atoms with Crippen LogP contribution in [0.15, 0.2) is 40.7 Å². The molecule has 0 fully saturated rings. The lowest BCUT2D eigenvalue weighted by molar-refractivity contribution is 0.414. The van der Waals surface area contributed by atoms with Gasteiger partial charge in [0.2, 0.25) is 0 Å². The van der Waals surface area contributed by atoms with Crippen molar-refractivity contribution in [3.63, 3.8) is 0 Å². The average Bonchev–Trinajstić information content (AvgIpc) is 2.52. The predicted molar refractivity (Wildman–Crippen MR) is 76.1 cm³/mol.